The van der Waals surface area contributed by atoms with Gasteiger partial charge in [0.05, 0.1) is 5.56 Å². The van der Waals surface area contributed by atoms with Crippen LogP contribution in [0.15, 0.2) is 18.5 Å². The normalized spacial score (nSPS) is 16.9. The standard InChI is InChI=1S/C22H26N4O4S/c1-13(18(27)26-22-23-11-6-12-24-22)30-21(29)17-15-9-5-10-16(15)31-20(17)25-19(28)14-7-3-2-4-8-14/h6,11-14H,2-5,7-10H2,1H3,(H,25,28)(H,23,24,26,27)/t13-/m0/s1. The van der Waals surface area contributed by atoms with E-state index in [1.807, 2.05) is 0 Å². The highest BCUT2D eigenvalue weighted by atomic mass is 32.1. The summed E-state index contributed by atoms with van der Waals surface area (Å²) in [6, 6.07) is 1.64. The molecule has 31 heavy (non-hydrogen) atoms. The van der Waals surface area contributed by atoms with Crippen molar-refractivity contribution in [3.8, 4) is 0 Å². The van der Waals surface area contributed by atoms with E-state index in [1.165, 1.54) is 37.1 Å². The van der Waals surface area contributed by atoms with Crippen molar-refractivity contribution in [1.82, 2.24) is 9.97 Å². The molecule has 1 fully saturated rings. The Morgan fingerprint density at radius 1 is 1.06 bits per heavy atom. The molecule has 2 N–H and O–H groups in total. The third kappa shape index (κ3) is 4.92. The van der Waals surface area contributed by atoms with Crippen LogP contribution in [-0.2, 0) is 27.2 Å². The summed E-state index contributed by atoms with van der Waals surface area (Å²) in [5, 5.41) is 6.07. The molecular formula is C22H26N4O4S. The highest BCUT2D eigenvalue weighted by Gasteiger charge is 2.31. The average Bonchev–Trinajstić information content (AvgIpc) is 3.35. The monoisotopic (exact) mass is 442 g/mol. The molecule has 9 heteroatoms. The summed E-state index contributed by atoms with van der Waals surface area (Å²) in [4.78, 5) is 47.2. The van der Waals surface area contributed by atoms with E-state index in [0.717, 1.165) is 55.4 Å². The maximum Gasteiger partial charge on any atom is 0.342 e. The van der Waals surface area contributed by atoms with Crippen LogP contribution in [0, 0.1) is 5.92 Å². The lowest BCUT2D eigenvalue weighted by atomic mass is 9.89. The number of ether oxygens (including phenoxy) is 1. The maximum atomic E-state index is 13.0. The molecule has 2 aromatic rings. The van der Waals surface area contributed by atoms with Gasteiger partial charge in [-0.3, -0.25) is 14.9 Å². The molecule has 8 nitrogen and oxygen atoms in total. The Morgan fingerprint density at radius 2 is 1.81 bits per heavy atom. The summed E-state index contributed by atoms with van der Waals surface area (Å²) < 4.78 is 5.47. The fraction of sp³-hybridized carbons (Fsp3) is 0.500. The fourth-order valence-corrected chi connectivity index (χ4v) is 5.42. The molecule has 1 saturated carbocycles. The predicted octanol–water partition coefficient (Wildman–Crippen LogP) is 3.73. The van der Waals surface area contributed by atoms with Crippen LogP contribution in [0.4, 0.5) is 10.9 Å². The van der Waals surface area contributed by atoms with Gasteiger partial charge >= 0.3 is 5.97 Å². The molecule has 2 heterocycles. The second-order valence-electron chi connectivity index (χ2n) is 7.99. The summed E-state index contributed by atoms with van der Waals surface area (Å²) in [6.45, 7) is 1.50. The van der Waals surface area contributed by atoms with E-state index in [2.05, 4.69) is 20.6 Å². The Balaban J connectivity index is 1.46. The average molecular weight is 443 g/mol. The molecule has 0 aromatic carbocycles. The van der Waals surface area contributed by atoms with E-state index in [0.29, 0.717) is 10.6 Å². The molecule has 2 aliphatic rings. The number of hydrogen-bond donors (Lipinski definition) is 2. The Hall–Kier alpha value is -2.81. The molecule has 0 bridgehead atoms. The zero-order chi connectivity index (χ0) is 21.8. The molecule has 0 saturated heterocycles. The lowest BCUT2D eigenvalue weighted by Crippen LogP contribution is -2.31. The minimum absolute atomic E-state index is 0.00913. The molecule has 164 valence electrons. The molecule has 0 unspecified atom stereocenters. The fourth-order valence-electron chi connectivity index (χ4n) is 4.14. The van der Waals surface area contributed by atoms with Crippen LogP contribution < -0.4 is 10.6 Å². The summed E-state index contributed by atoms with van der Waals surface area (Å²) >= 11 is 1.45. The first-order valence-corrected chi connectivity index (χ1v) is 11.6. The van der Waals surface area contributed by atoms with E-state index in [4.69, 9.17) is 4.74 Å². The van der Waals surface area contributed by atoms with Gasteiger partial charge in [-0.1, -0.05) is 19.3 Å². The second-order valence-corrected chi connectivity index (χ2v) is 9.10. The van der Waals surface area contributed by atoms with E-state index >= 15 is 0 Å². The highest BCUT2D eigenvalue weighted by Crippen LogP contribution is 2.40. The van der Waals surface area contributed by atoms with Gasteiger partial charge in [0.25, 0.3) is 5.91 Å². The minimum atomic E-state index is -1.03. The van der Waals surface area contributed by atoms with Crippen LogP contribution >= 0.6 is 11.3 Å². The van der Waals surface area contributed by atoms with Gasteiger partial charge in [-0.2, -0.15) is 0 Å². The number of anilines is 2. The molecular weight excluding hydrogens is 416 g/mol. The van der Waals surface area contributed by atoms with E-state index in [-0.39, 0.29) is 17.8 Å². The van der Waals surface area contributed by atoms with Crippen LogP contribution in [-0.4, -0.2) is 33.9 Å². The van der Waals surface area contributed by atoms with E-state index in [9.17, 15) is 14.4 Å². The molecule has 4 rings (SSSR count). The number of aryl methyl sites for hydroxylation is 1. The Kier molecular flexibility index (Phi) is 6.60. The zero-order valence-electron chi connectivity index (χ0n) is 17.5. The first kappa shape index (κ1) is 21.4. The molecule has 0 spiro atoms. The van der Waals surface area contributed by atoms with Crippen LogP contribution in [0.2, 0.25) is 0 Å². The number of carbonyl (C=O) groups is 3. The second kappa shape index (κ2) is 9.55. The van der Waals surface area contributed by atoms with E-state index < -0.39 is 18.0 Å². The molecule has 2 aromatic heterocycles. The van der Waals surface area contributed by atoms with Crippen molar-refractivity contribution in [3.05, 3.63) is 34.5 Å². The van der Waals surface area contributed by atoms with Crippen molar-refractivity contribution in [2.45, 2.75) is 64.4 Å². The minimum Gasteiger partial charge on any atom is -0.449 e. The number of amides is 2. The summed E-state index contributed by atoms with van der Waals surface area (Å²) in [6.07, 6.45) is 9.68. The lowest BCUT2D eigenvalue weighted by Gasteiger charge is -2.21. The van der Waals surface area contributed by atoms with Crippen LogP contribution in [0.5, 0.6) is 0 Å². The largest absolute Gasteiger partial charge is 0.449 e. The van der Waals surface area contributed by atoms with Gasteiger partial charge in [0.2, 0.25) is 11.9 Å². The number of rotatable bonds is 6. The number of thiophene rings is 1. The Labute approximate surface area is 184 Å². The van der Waals surface area contributed by atoms with Crippen molar-refractivity contribution in [3.63, 3.8) is 0 Å². The van der Waals surface area contributed by atoms with Crippen molar-refractivity contribution in [2.75, 3.05) is 10.6 Å². The number of esters is 1. The highest BCUT2D eigenvalue weighted by molar-refractivity contribution is 7.17. The first-order chi connectivity index (χ1) is 15.0. The molecule has 1 atom stereocenters. The SMILES string of the molecule is C[C@H](OC(=O)c1c(NC(=O)C2CCCCC2)sc2c1CCC2)C(=O)Nc1ncccn1. The Morgan fingerprint density at radius 3 is 2.55 bits per heavy atom. The number of hydrogen-bond acceptors (Lipinski definition) is 7. The van der Waals surface area contributed by atoms with Crippen molar-refractivity contribution >= 4 is 40.1 Å². The quantitative estimate of drug-likeness (QED) is 0.660. The molecule has 0 aliphatic heterocycles. The van der Waals surface area contributed by atoms with Gasteiger partial charge in [0.15, 0.2) is 6.10 Å². The van der Waals surface area contributed by atoms with Crippen molar-refractivity contribution in [2.24, 2.45) is 5.92 Å². The molecule has 2 amide bonds. The van der Waals surface area contributed by atoms with Gasteiger partial charge in [0.1, 0.15) is 5.00 Å². The summed E-state index contributed by atoms with van der Waals surface area (Å²) in [7, 11) is 0. The lowest BCUT2D eigenvalue weighted by molar-refractivity contribution is -0.124. The molecule has 0 radical (unpaired) electrons. The van der Waals surface area contributed by atoms with Crippen LogP contribution in [0.25, 0.3) is 0 Å². The third-order valence-corrected chi connectivity index (χ3v) is 7.00. The number of nitrogens with zero attached hydrogens (tertiary/aromatic N) is 2. The number of fused-ring (bicyclic) bond motifs is 1. The van der Waals surface area contributed by atoms with Crippen LogP contribution in [0.1, 0.15) is 66.2 Å². The number of carbonyl (C=O) groups excluding carboxylic acids is 3. The summed E-state index contributed by atoms with van der Waals surface area (Å²) in [5.74, 6) is -0.993. The third-order valence-electron chi connectivity index (χ3n) is 5.79. The van der Waals surface area contributed by atoms with Crippen LogP contribution in [0.3, 0.4) is 0 Å². The summed E-state index contributed by atoms with van der Waals surface area (Å²) in [5.41, 5.74) is 1.34. The van der Waals surface area contributed by atoms with Gasteiger partial charge in [-0.05, 0) is 50.7 Å². The van der Waals surface area contributed by atoms with E-state index in [1.54, 1.807) is 6.07 Å². The van der Waals surface area contributed by atoms with Crippen molar-refractivity contribution in [1.29, 1.82) is 0 Å². The predicted molar refractivity (Wildman–Crippen MR) is 117 cm³/mol. The van der Waals surface area contributed by atoms with Crippen molar-refractivity contribution < 1.29 is 19.1 Å². The zero-order valence-corrected chi connectivity index (χ0v) is 18.3. The van der Waals surface area contributed by atoms with Gasteiger partial charge in [-0.15, -0.1) is 11.3 Å². The van der Waals surface area contributed by atoms with Gasteiger partial charge < -0.3 is 10.1 Å². The van der Waals surface area contributed by atoms with Gasteiger partial charge in [0, 0.05) is 23.2 Å². The molecule has 2 aliphatic carbocycles. The Bertz CT molecular complexity index is 969. The van der Waals surface area contributed by atoms with Gasteiger partial charge in [-0.25, -0.2) is 14.8 Å². The number of nitrogens with one attached hydrogen (secondary N) is 2. The maximum absolute atomic E-state index is 13.0. The first-order valence-electron chi connectivity index (χ1n) is 10.8. The topological polar surface area (TPSA) is 110 Å². The smallest absolute Gasteiger partial charge is 0.342 e. The number of aromatic nitrogens is 2.